The predicted molar refractivity (Wildman–Crippen MR) is 113 cm³/mol. The van der Waals surface area contributed by atoms with Gasteiger partial charge in [0.1, 0.15) is 0 Å². The summed E-state index contributed by atoms with van der Waals surface area (Å²) in [5.74, 6) is -2.38. The van der Waals surface area contributed by atoms with Gasteiger partial charge in [-0.15, -0.1) is 0 Å². The SMILES string of the molecule is CC(C)(C)[Si](OCCC(CC(=O)O)C(N)=O)(c1ccccc1)c1ccccc1. The molecular weight excluding hydrogens is 370 g/mol. The highest BCUT2D eigenvalue weighted by Gasteiger charge is 2.50. The van der Waals surface area contributed by atoms with E-state index in [0.717, 1.165) is 10.4 Å². The van der Waals surface area contributed by atoms with E-state index < -0.39 is 26.1 Å². The molecule has 0 aliphatic rings. The van der Waals surface area contributed by atoms with Gasteiger partial charge in [0.15, 0.2) is 0 Å². The molecule has 5 nitrogen and oxygen atoms in total. The van der Waals surface area contributed by atoms with Gasteiger partial charge in [-0.2, -0.15) is 0 Å². The minimum Gasteiger partial charge on any atom is -0.481 e. The highest BCUT2D eigenvalue weighted by Crippen LogP contribution is 2.37. The van der Waals surface area contributed by atoms with Gasteiger partial charge < -0.3 is 15.3 Å². The monoisotopic (exact) mass is 399 g/mol. The van der Waals surface area contributed by atoms with Gasteiger partial charge in [-0.1, -0.05) is 81.4 Å². The normalized spacial score (nSPS) is 13.1. The number of primary amides is 1. The van der Waals surface area contributed by atoms with Crippen LogP contribution in [0.15, 0.2) is 60.7 Å². The van der Waals surface area contributed by atoms with Crippen LogP contribution in [0, 0.1) is 5.92 Å². The van der Waals surface area contributed by atoms with Crippen LogP contribution in [0.4, 0.5) is 0 Å². The molecule has 150 valence electrons. The Morgan fingerprint density at radius 3 is 1.82 bits per heavy atom. The molecule has 0 radical (unpaired) electrons. The summed E-state index contributed by atoms with van der Waals surface area (Å²) < 4.78 is 6.67. The summed E-state index contributed by atoms with van der Waals surface area (Å²) in [4.78, 5) is 22.7. The van der Waals surface area contributed by atoms with Crippen molar-refractivity contribution in [3.05, 3.63) is 60.7 Å². The van der Waals surface area contributed by atoms with Crippen molar-refractivity contribution in [1.82, 2.24) is 0 Å². The number of amides is 1. The third-order valence-electron chi connectivity index (χ3n) is 5.03. The summed E-state index contributed by atoms with van der Waals surface area (Å²) in [5, 5.41) is 11.1. The predicted octanol–water partition coefficient (Wildman–Crippen LogP) is 2.53. The Bertz CT molecular complexity index is 748. The lowest BCUT2D eigenvalue weighted by molar-refractivity contribution is -0.140. The zero-order valence-electron chi connectivity index (χ0n) is 16.7. The van der Waals surface area contributed by atoms with Gasteiger partial charge in [0, 0.05) is 6.61 Å². The topological polar surface area (TPSA) is 89.6 Å². The van der Waals surface area contributed by atoms with Crippen LogP contribution >= 0.6 is 0 Å². The summed E-state index contributed by atoms with van der Waals surface area (Å²) in [6.07, 6.45) is 0.00553. The molecule has 2 rings (SSSR count). The quantitative estimate of drug-likeness (QED) is 0.634. The van der Waals surface area contributed by atoms with E-state index in [9.17, 15) is 9.59 Å². The molecule has 6 heteroatoms. The van der Waals surface area contributed by atoms with Crippen LogP contribution in [0.2, 0.25) is 5.04 Å². The van der Waals surface area contributed by atoms with Crippen LogP contribution in [-0.4, -0.2) is 31.9 Å². The van der Waals surface area contributed by atoms with Gasteiger partial charge in [0.2, 0.25) is 5.91 Å². The van der Waals surface area contributed by atoms with Crippen molar-refractivity contribution in [2.24, 2.45) is 11.7 Å². The van der Waals surface area contributed by atoms with Gasteiger partial charge in [-0.25, -0.2) is 0 Å². The van der Waals surface area contributed by atoms with Crippen LogP contribution in [0.5, 0.6) is 0 Å². The van der Waals surface area contributed by atoms with Crippen LogP contribution in [0.25, 0.3) is 0 Å². The van der Waals surface area contributed by atoms with E-state index >= 15 is 0 Å². The second kappa shape index (κ2) is 9.17. The van der Waals surface area contributed by atoms with Crippen molar-refractivity contribution >= 4 is 30.6 Å². The number of nitrogens with two attached hydrogens (primary N) is 1. The van der Waals surface area contributed by atoms with Gasteiger partial charge in [-0.05, 0) is 21.8 Å². The van der Waals surface area contributed by atoms with E-state index in [1.54, 1.807) is 0 Å². The van der Waals surface area contributed by atoms with Gasteiger partial charge in [0.25, 0.3) is 8.32 Å². The second-order valence-electron chi connectivity index (χ2n) is 8.00. The molecule has 0 heterocycles. The van der Waals surface area contributed by atoms with Crippen LogP contribution in [0.1, 0.15) is 33.6 Å². The maximum absolute atomic E-state index is 11.6. The molecule has 2 aromatic rings. The van der Waals surface area contributed by atoms with Crippen LogP contribution in [0.3, 0.4) is 0 Å². The number of aliphatic carboxylic acids is 1. The number of carboxylic acid groups (broad SMARTS) is 1. The fourth-order valence-corrected chi connectivity index (χ4v) is 8.25. The first-order chi connectivity index (χ1) is 13.2. The Kier molecular flexibility index (Phi) is 7.15. The summed E-state index contributed by atoms with van der Waals surface area (Å²) >= 11 is 0. The summed E-state index contributed by atoms with van der Waals surface area (Å²) in [5.41, 5.74) is 5.40. The minimum atomic E-state index is -2.69. The molecule has 3 N–H and O–H groups in total. The average Bonchev–Trinajstić information content (AvgIpc) is 2.64. The first-order valence-electron chi connectivity index (χ1n) is 9.44. The first-order valence-corrected chi connectivity index (χ1v) is 11.4. The molecule has 2 aromatic carbocycles. The average molecular weight is 400 g/mol. The fourth-order valence-electron chi connectivity index (χ4n) is 3.67. The van der Waals surface area contributed by atoms with E-state index in [0.29, 0.717) is 0 Å². The highest BCUT2D eigenvalue weighted by molar-refractivity contribution is 6.99. The second-order valence-corrected chi connectivity index (χ2v) is 12.3. The van der Waals surface area contributed by atoms with Crippen LogP contribution < -0.4 is 16.1 Å². The van der Waals surface area contributed by atoms with Crippen molar-refractivity contribution in [3.63, 3.8) is 0 Å². The van der Waals surface area contributed by atoms with Crippen molar-refractivity contribution in [3.8, 4) is 0 Å². The van der Waals surface area contributed by atoms with E-state index in [-0.39, 0.29) is 24.5 Å². The Balaban J connectivity index is 2.41. The number of carbonyl (C=O) groups excluding carboxylic acids is 1. The molecule has 1 amide bonds. The Labute approximate surface area is 167 Å². The highest BCUT2D eigenvalue weighted by atomic mass is 28.4. The number of rotatable bonds is 9. The number of hydrogen-bond donors (Lipinski definition) is 2. The maximum Gasteiger partial charge on any atom is 0.304 e. The first kappa shape index (κ1) is 21.9. The molecule has 1 atom stereocenters. The molecule has 0 aliphatic carbocycles. The zero-order chi connectivity index (χ0) is 20.8. The molecule has 0 aromatic heterocycles. The van der Waals surface area contributed by atoms with E-state index in [1.807, 2.05) is 36.4 Å². The zero-order valence-corrected chi connectivity index (χ0v) is 17.7. The molecule has 0 spiro atoms. The van der Waals surface area contributed by atoms with Crippen molar-refractivity contribution < 1.29 is 19.1 Å². The molecule has 0 fully saturated rings. The van der Waals surface area contributed by atoms with Gasteiger partial charge >= 0.3 is 5.97 Å². The number of carboxylic acids is 1. The molecular formula is C22H29NO4Si. The lowest BCUT2D eigenvalue weighted by Gasteiger charge is -2.43. The summed E-state index contributed by atoms with van der Waals surface area (Å²) in [7, 11) is -2.69. The van der Waals surface area contributed by atoms with Crippen LogP contribution in [-0.2, 0) is 14.0 Å². The standard InChI is InChI=1S/C22H29NO4Si/c1-22(2,3)28(18-10-6-4-7-11-18,19-12-8-5-9-13-19)27-15-14-17(21(23)26)16-20(24)25/h4-13,17H,14-16H2,1-3H3,(H2,23,26)(H,24,25). The van der Waals surface area contributed by atoms with Crippen molar-refractivity contribution in [1.29, 1.82) is 0 Å². The molecule has 1 unspecified atom stereocenters. The third-order valence-corrected chi connectivity index (χ3v) is 10.1. The molecule has 28 heavy (non-hydrogen) atoms. The van der Waals surface area contributed by atoms with Gasteiger partial charge in [0.05, 0.1) is 12.3 Å². The molecule has 0 aliphatic heterocycles. The fraction of sp³-hybridized carbons (Fsp3) is 0.364. The summed E-state index contributed by atoms with van der Waals surface area (Å²) in [6, 6.07) is 20.3. The third kappa shape index (κ3) is 4.88. The Morgan fingerprint density at radius 1 is 1.00 bits per heavy atom. The molecule has 0 saturated heterocycles. The number of benzene rings is 2. The number of hydrogen-bond acceptors (Lipinski definition) is 3. The van der Waals surface area contributed by atoms with E-state index in [1.165, 1.54) is 0 Å². The Hall–Kier alpha value is -2.44. The summed E-state index contributed by atoms with van der Waals surface area (Å²) in [6.45, 7) is 6.78. The van der Waals surface area contributed by atoms with Crippen molar-refractivity contribution in [2.45, 2.75) is 38.7 Å². The lowest BCUT2D eigenvalue weighted by Crippen LogP contribution is -2.66. The van der Waals surface area contributed by atoms with E-state index in [4.69, 9.17) is 15.3 Å². The largest absolute Gasteiger partial charge is 0.481 e. The lowest BCUT2D eigenvalue weighted by atomic mass is 10.0. The maximum atomic E-state index is 11.6. The Morgan fingerprint density at radius 2 is 1.46 bits per heavy atom. The van der Waals surface area contributed by atoms with Crippen molar-refractivity contribution in [2.75, 3.05) is 6.61 Å². The minimum absolute atomic E-state index is 0.176. The van der Waals surface area contributed by atoms with E-state index in [2.05, 4.69) is 45.0 Å². The molecule has 0 bridgehead atoms. The molecule has 0 saturated carbocycles. The smallest absolute Gasteiger partial charge is 0.304 e. The number of carbonyl (C=O) groups is 2. The van der Waals surface area contributed by atoms with Gasteiger partial charge in [-0.3, -0.25) is 9.59 Å².